The van der Waals surface area contributed by atoms with Crippen LogP contribution in [0.1, 0.15) is 0 Å². The molecule has 0 saturated carbocycles. The van der Waals surface area contributed by atoms with Gasteiger partial charge in [-0.25, -0.2) is 0 Å². The summed E-state index contributed by atoms with van der Waals surface area (Å²) < 4.78 is 4.86. The first-order valence-electron chi connectivity index (χ1n) is 3.21. The van der Waals surface area contributed by atoms with Crippen molar-refractivity contribution < 1.29 is 9.84 Å². The lowest BCUT2D eigenvalue weighted by Gasteiger charge is -2.02. The van der Waals surface area contributed by atoms with Gasteiger partial charge in [0.2, 0.25) is 0 Å². The summed E-state index contributed by atoms with van der Waals surface area (Å²) >= 11 is 1.03. The number of phenolic OH excluding ortho intramolecular Hbond substituents is 1. The summed E-state index contributed by atoms with van der Waals surface area (Å²) in [5.41, 5.74) is 0. The molecule has 0 radical (unpaired) electrons. The lowest BCUT2D eigenvalue weighted by Crippen LogP contribution is -1.83. The fraction of sp³-hybridized carbons (Fsp3) is 0.125. The summed E-state index contributed by atoms with van der Waals surface area (Å²) in [6.45, 7) is 0. The van der Waals surface area contributed by atoms with E-state index < -0.39 is 0 Å². The van der Waals surface area contributed by atoms with Crippen LogP contribution >= 0.6 is 11.8 Å². The molecule has 0 heterocycles. The molecule has 0 aromatic heterocycles. The van der Waals surface area contributed by atoms with Crippen molar-refractivity contribution >= 4 is 11.8 Å². The second-order valence-electron chi connectivity index (χ2n) is 2.03. The number of ether oxygens (including phenoxy) is 1. The number of phenols is 1. The third-order valence-corrected chi connectivity index (χ3v) is 1.90. The Hall–Kier alpha value is -1.34. The number of nitriles is 1. The number of methoxy groups -OCH3 is 1. The molecule has 0 aliphatic heterocycles. The number of hydrogen-bond donors (Lipinski definition) is 1. The van der Waals surface area contributed by atoms with Crippen LogP contribution in [0, 0.1) is 10.7 Å². The first-order chi connectivity index (χ1) is 5.77. The van der Waals surface area contributed by atoms with E-state index in [0.717, 1.165) is 16.7 Å². The minimum atomic E-state index is 0.0831. The highest BCUT2D eigenvalue weighted by atomic mass is 32.2. The molecule has 1 N–H and O–H groups in total. The highest BCUT2D eigenvalue weighted by Crippen LogP contribution is 2.30. The molecule has 0 bridgehead atoms. The van der Waals surface area contributed by atoms with E-state index in [0.29, 0.717) is 5.75 Å². The number of hydrogen-bond acceptors (Lipinski definition) is 4. The molecule has 0 aliphatic rings. The second-order valence-corrected chi connectivity index (χ2v) is 2.89. The molecule has 0 atom stereocenters. The van der Waals surface area contributed by atoms with Crippen molar-refractivity contribution in [2.24, 2.45) is 0 Å². The van der Waals surface area contributed by atoms with Crippen molar-refractivity contribution in [2.45, 2.75) is 4.90 Å². The summed E-state index contributed by atoms with van der Waals surface area (Å²) in [6.07, 6.45) is 0. The average Bonchev–Trinajstić information content (AvgIpc) is 2.09. The van der Waals surface area contributed by atoms with Gasteiger partial charge in [0, 0.05) is 4.90 Å². The minimum Gasteiger partial charge on any atom is -0.504 e. The van der Waals surface area contributed by atoms with Crippen molar-refractivity contribution in [1.29, 1.82) is 5.26 Å². The Balaban J connectivity index is 2.98. The quantitative estimate of drug-likeness (QED) is 0.559. The Morgan fingerprint density at radius 1 is 1.58 bits per heavy atom. The molecule has 1 aromatic rings. The summed E-state index contributed by atoms with van der Waals surface area (Å²) in [4.78, 5) is 0.757. The fourth-order valence-electron chi connectivity index (χ4n) is 0.774. The predicted molar refractivity (Wildman–Crippen MR) is 46.1 cm³/mol. The van der Waals surface area contributed by atoms with Crippen LogP contribution in [-0.4, -0.2) is 12.2 Å². The average molecular weight is 181 g/mol. The van der Waals surface area contributed by atoms with Crippen LogP contribution in [0.4, 0.5) is 0 Å². The van der Waals surface area contributed by atoms with Crippen molar-refractivity contribution in [3.8, 4) is 16.9 Å². The SMILES string of the molecule is COc1cc(SC#N)ccc1O. The van der Waals surface area contributed by atoms with Crippen LogP contribution < -0.4 is 4.74 Å². The number of nitrogens with zero attached hydrogens (tertiary/aromatic N) is 1. The van der Waals surface area contributed by atoms with Crippen LogP contribution in [-0.2, 0) is 0 Å². The molecule has 0 aliphatic carbocycles. The Kier molecular flexibility index (Phi) is 2.83. The summed E-state index contributed by atoms with van der Waals surface area (Å²) in [5.74, 6) is 0.468. The predicted octanol–water partition coefficient (Wildman–Crippen LogP) is 1.97. The van der Waals surface area contributed by atoms with Gasteiger partial charge < -0.3 is 9.84 Å². The molecule has 3 nitrogen and oxygen atoms in total. The van der Waals surface area contributed by atoms with E-state index in [1.54, 1.807) is 12.1 Å². The molecule has 0 spiro atoms. The maximum atomic E-state index is 9.19. The minimum absolute atomic E-state index is 0.0831. The fourth-order valence-corrected chi connectivity index (χ4v) is 1.18. The van der Waals surface area contributed by atoms with Gasteiger partial charge in [0.25, 0.3) is 0 Å². The zero-order chi connectivity index (χ0) is 8.97. The monoisotopic (exact) mass is 181 g/mol. The van der Waals surface area contributed by atoms with Crippen LogP contribution in [0.2, 0.25) is 0 Å². The second kappa shape index (κ2) is 3.88. The van der Waals surface area contributed by atoms with Crippen LogP contribution in [0.25, 0.3) is 0 Å². The van der Waals surface area contributed by atoms with Gasteiger partial charge in [-0.15, -0.1) is 0 Å². The third kappa shape index (κ3) is 1.83. The van der Waals surface area contributed by atoms with Gasteiger partial charge in [-0.1, -0.05) is 0 Å². The zero-order valence-corrected chi connectivity index (χ0v) is 7.26. The van der Waals surface area contributed by atoms with E-state index in [4.69, 9.17) is 10.00 Å². The van der Waals surface area contributed by atoms with E-state index in [1.807, 2.05) is 5.40 Å². The first-order valence-corrected chi connectivity index (χ1v) is 4.02. The highest BCUT2D eigenvalue weighted by molar-refractivity contribution is 8.03. The Morgan fingerprint density at radius 2 is 2.33 bits per heavy atom. The molecule has 4 heteroatoms. The van der Waals surface area contributed by atoms with E-state index in [2.05, 4.69) is 0 Å². The molecular weight excluding hydrogens is 174 g/mol. The largest absolute Gasteiger partial charge is 0.504 e. The molecular formula is C8H7NO2S. The number of thioether (sulfide) groups is 1. The lowest BCUT2D eigenvalue weighted by atomic mass is 10.3. The normalized spacial score (nSPS) is 9.00. The third-order valence-electron chi connectivity index (χ3n) is 1.31. The van der Waals surface area contributed by atoms with E-state index in [9.17, 15) is 5.11 Å². The van der Waals surface area contributed by atoms with Gasteiger partial charge in [0.15, 0.2) is 11.5 Å². The van der Waals surface area contributed by atoms with Gasteiger partial charge in [0.1, 0.15) is 5.40 Å². The van der Waals surface area contributed by atoms with Crippen molar-refractivity contribution in [1.82, 2.24) is 0 Å². The van der Waals surface area contributed by atoms with E-state index >= 15 is 0 Å². The van der Waals surface area contributed by atoms with Crippen molar-refractivity contribution in [2.75, 3.05) is 7.11 Å². The van der Waals surface area contributed by atoms with E-state index in [1.165, 1.54) is 13.2 Å². The number of rotatable bonds is 2. The lowest BCUT2D eigenvalue weighted by molar-refractivity contribution is 0.372. The van der Waals surface area contributed by atoms with E-state index in [-0.39, 0.29) is 5.75 Å². The molecule has 0 unspecified atom stereocenters. The summed E-state index contributed by atoms with van der Waals surface area (Å²) in [6, 6.07) is 4.77. The van der Waals surface area contributed by atoms with Gasteiger partial charge in [-0.05, 0) is 30.0 Å². The molecule has 0 amide bonds. The number of aromatic hydroxyl groups is 1. The molecule has 1 aromatic carbocycles. The summed E-state index contributed by atoms with van der Waals surface area (Å²) in [5, 5.41) is 19.5. The van der Waals surface area contributed by atoms with Crippen molar-refractivity contribution in [3.05, 3.63) is 18.2 Å². The molecule has 62 valence electrons. The molecule has 1 rings (SSSR count). The standard InChI is InChI=1S/C8H7NO2S/c1-11-8-4-6(12-5-9)2-3-7(8)10/h2-4,10H,1H3. The first kappa shape index (κ1) is 8.75. The maximum Gasteiger partial charge on any atom is 0.161 e. The smallest absolute Gasteiger partial charge is 0.161 e. The van der Waals surface area contributed by atoms with Gasteiger partial charge in [-0.3, -0.25) is 0 Å². The Morgan fingerprint density at radius 3 is 2.92 bits per heavy atom. The number of thiocyanates is 1. The maximum absolute atomic E-state index is 9.19. The van der Waals surface area contributed by atoms with Crippen LogP contribution in [0.3, 0.4) is 0 Å². The Bertz CT molecular complexity index is 319. The number of benzene rings is 1. The Labute approximate surface area is 74.6 Å². The molecule has 0 saturated heterocycles. The van der Waals surface area contributed by atoms with Gasteiger partial charge in [0.05, 0.1) is 7.11 Å². The van der Waals surface area contributed by atoms with Crippen LogP contribution in [0.15, 0.2) is 23.1 Å². The zero-order valence-electron chi connectivity index (χ0n) is 6.44. The van der Waals surface area contributed by atoms with Crippen LogP contribution in [0.5, 0.6) is 11.5 Å². The molecule has 0 fully saturated rings. The topological polar surface area (TPSA) is 53.2 Å². The summed E-state index contributed by atoms with van der Waals surface area (Å²) in [7, 11) is 1.47. The molecule has 12 heavy (non-hydrogen) atoms. The van der Waals surface area contributed by atoms with Gasteiger partial charge in [-0.2, -0.15) is 5.26 Å². The highest BCUT2D eigenvalue weighted by Gasteiger charge is 2.01. The van der Waals surface area contributed by atoms with Crippen molar-refractivity contribution in [3.63, 3.8) is 0 Å². The van der Waals surface area contributed by atoms with Gasteiger partial charge >= 0.3 is 0 Å².